The van der Waals surface area contributed by atoms with Crippen LogP contribution in [-0.2, 0) is 35.0 Å². The number of ether oxygens (including phenoxy) is 6. The van der Waals surface area contributed by atoms with Crippen LogP contribution in [-0.4, -0.2) is 55.7 Å². The summed E-state index contributed by atoms with van der Waals surface area (Å²) in [6, 6.07) is 4.37. The Morgan fingerprint density at radius 1 is 0.872 bits per heavy atom. The molecule has 1 rings (SSSR count). The molecule has 0 radical (unpaired) electrons. The van der Waals surface area contributed by atoms with Gasteiger partial charge in [-0.05, 0) is 44.4 Å². The van der Waals surface area contributed by atoms with Crippen LogP contribution in [0.25, 0.3) is 0 Å². The Balaban J connectivity index is 3.21. The average Bonchev–Trinajstić information content (AvgIpc) is 2.84. The molecule has 0 aliphatic carbocycles. The Morgan fingerprint density at radius 3 is 1.90 bits per heavy atom. The van der Waals surface area contributed by atoms with Crippen molar-refractivity contribution in [1.29, 1.82) is 0 Å². The quantitative estimate of drug-likeness (QED) is 0.176. The molecular formula is C28H43NO10. The molecule has 0 bridgehead atoms. The van der Waals surface area contributed by atoms with Gasteiger partial charge in [-0.25, -0.2) is 9.59 Å². The summed E-state index contributed by atoms with van der Waals surface area (Å²) >= 11 is 0. The summed E-state index contributed by atoms with van der Waals surface area (Å²) < 4.78 is 31.3. The Morgan fingerprint density at radius 2 is 1.41 bits per heavy atom. The lowest BCUT2D eigenvalue weighted by molar-refractivity contribution is -0.152. The van der Waals surface area contributed by atoms with Gasteiger partial charge in [0, 0.05) is 12.8 Å². The molecule has 0 amide bonds. The van der Waals surface area contributed by atoms with Crippen molar-refractivity contribution in [3.05, 3.63) is 23.8 Å². The zero-order valence-electron chi connectivity index (χ0n) is 24.1. The molecule has 0 aromatic heterocycles. The Hall–Kier alpha value is -3.34. The third kappa shape index (κ3) is 11.9. The van der Waals surface area contributed by atoms with E-state index < -0.39 is 29.8 Å². The first-order valence-electron chi connectivity index (χ1n) is 13.3. The molecule has 3 atom stereocenters. The van der Waals surface area contributed by atoms with Gasteiger partial charge in [-0.2, -0.15) is 0 Å². The molecule has 0 saturated carbocycles. The highest BCUT2D eigenvalue weighted by atomic mass is 16.7. The second-order valence-corrected chi connectivity index (χ2v) is 9.82. The van der Waals surface area contributed by atoms with Crippen LogP contribution in [0.1, 0.15) is 79.2 Å². The fourth-order valence-corrected chi connectivity index (χ4v) is 3.64. The summed E-state index contributed by atoms with van der Waals surface area (Å²) in [7, 11) is 1.20. The third-order valence-corrected chi connectivity index (χ3v) is 5.76. The first-order chi connectivity index (χ1) is 18.3. The van der Waals surface area contributed by atoms with Gasteiger partial charge in [-0.15, -0.1) is 0 Å². The van der Waals surface area contributed by atoms with Crippen molar-refractivity contribution >= 4 is 24.2 Å². The standard InChI is InChI=1S/C28H43NO10/c1-8-10-19(5)36-26(32)38-22-13-12-21(16-23(22)39-27(33)37-20(6)11-9-2)17-28(29,25(31)34-7)14-15-35-24(30)18(3)4/h12-13,16,18-20H,8-11,14-15,17,29H2,1-7H3. The molecule has 11 nitrogen and oxygen atoms in total. The van der Waals surface area contributed by atoms with Crippen LogP contribution < -0.4 is 15.2 Å². The summed E-state index contributed by atoms with van der Waals surface area (Å²) in [6.07, 6.45) is 0.117. The van der Waals surface area contributed by atoms with Gasteiger partial charge in [0.25, 0.3) is 0 Å². The molecule has 11 heteroatoms. The fourth-order valence-electron chi connectivity index (χ4n) is 3.64. The number of benzene rings is 1. The van der Waals surface area contributed by atoms with Crippen LogP contribution >= 0.6 is 0 Å². The van der Waals surface area contributed by atoms with Crippen molar-refractivity contribution in [3.8, 4) is 11.5 Å². The normalized spacial score (nSPS) is 14.0. The lowest BCUT2D eigenvalue weighted by Gasteiger charge is -2.27. The number of nitrogens with two attached hydrogens (primary N) is 1. The maximum Gasteiger partial charge on any atom is 0.514 e. The van der Waals surface area contributed by atoms with E-state index in [4.69, 9.17) is 34.2 Å². The zero-order valence-corrected chi connectivity index (χ0v) is 24.1. The van der Waals surface area contributed by atoms with Gasteiger partial charge in [-0.3, -0.25) is 9.59 Å². The lowest BCUT2D eigenvalue weighted by Crippen LogP contribution is -2.51. The summed E-state index contributed by atoms with van der Waals surface area (Å²) in [5, 5.41) is 0. The molecule has 2 N–H and O–H groups in total. The van der Waals surface area contributed by atoms with Crippen molar-refractivity contribution in [2.45, 2.75) is 97.8 Å². The maximum atomic E-state index is 12.6. The molecule has 0 heterocycles. The number of carbonyl (C=O) groups is 4. The summed E-state index contributed by atoms with van der Waals surface area (Å²) in [5.74, 6) is -1.68. The van der Waals surface area contributed by atoms with Crippen LogP contribution in [0, 0.1) is 5.92 Å². The molecule has 1 aromatic rings. The summed E-state index contributed by atoms with van der Waals surface area (Å²) in [6.45, 7) is 10.7. The molecular weight excluding hydrogens is 510 g/mol. The minimum atomic E-state index is -1.56. The molecule has 0 aliphatic rings. The van der Waals surface area contributed by atoms with E-state index in [0.29, 0.717) is 18.4 Å². The summed E-state index contributed by atoms with van der Waals surface area (Å²) in [4.78, 5) is 49.2. The predicted octanol–water partition coefficient (Wildman–Crippen LogP) is 5.10. The van der Waals surface area contributed by atoms with Gasteiger partial charge < -0.3 is 34.2 Å². The Labute approximate surface area is 230 Å². The zero-order chi connectivity index (χ0) is 29.6. The highest BCUT2D eigenvalue weighted by Crippen LogP contribution is 2.31. The van der Waals surface area contributed by atoms with E-state index in [9.17, 15) is 19.2 Å². The monoisotopic (exact) mass is 553 g/mol. The minimum Gasteiger partial charge on any atom is -0.468 e. The van der Waals surface area contributed by atoms with E-state index in [1.165, 1.54) is 19.2 Å². The fraction of sp³-hybridized carbons (Fsp3) is 0.643. The van der Waals surface area contributed by atoms with E-state index in [-0.39, 0.29) is 49.1 Å². The number of carbonyl (C=O) groups excluding carboxylic acids is 4. The number of hydrogen-bond acceptors (Lipinski definition) is 11. The Bertz CT molecular complexity index is 964. The first-order valence-corrected chi connectivity index (χ1v) is 13.3. The van der Waals surface area contributed by atoms with Gasteiger partial charge >= 0.3 is 24.2 Å². The van der Waals surface area contributed by atoms with Gasteiger partial charge in [0.15, 0.2) is 11.5 Å². The van der Waals surface area contributed by atoms with E-state index in [2.05, 4.69) is 0 Å². The molecule has 0 saturated heterocycles. The van der Waals surface area contributed by atoms with E-state index in [1.807, 2.05) is 13.8 Å². The smallest absolute Gasteiger partial charge is 0.468 e. The number of hydrogen-bond donors (Lipinski definition) is 1. The van der Waals surface area contributed by atoms with Gasteiger partial charge in [0.05, 0.1) is 19.6 Å². The molecule has 0 fully saturated rings. The molecule has 39 heavy (non-hydrogen) atoms. The van der Waals surface area contributed by atoms with E-state index in [0.717, 1.165) is 12.8 Å². The maximum absolute atomic E-state index is 12.6. The second-order valence-electron chi connectivity index (χ2n) is 9.82. The topological polar surface area (TPSA) is 150 Å². The van der Waals surface area contributed by atoms with E-state index >= 15 is 0 Å². The van der Waals surface area contributed by atoms with Gasteiger partial charge in [0.2, 0.25) is 0 Å². The van der Waals surface area contributed by atoms with Crippen molar-refractivity contribution in [1.82, 2.24) is 0 Å². The number of rotatable bonds is 15. The van der Waals surface area contributed by atoms with Gasteiger partial charge in [0.1, 0.15) is 17.7 Å². The Kier molecular flexibility index (Phi) is 14.3. The predicted molar refractivity (Wildman–Crippen MR) is 142 cm³/mol. The van der Waals surface area contributed by atoms with Crippen LogP contribution in [0.2, 0.25) is 0 Å². The minimum absolute atomic E-state index is 0.0230. The molecule has 0 aliphatic heterocycles. The molecule has 1 aromatic carbocycles. The largest absolute Gasteiger partial charge is 0.514 e. The van der Waals surface area contributed by atoms with E-state index in [1.54, 1.807) is 33.8 Å². The first kappa shape index (κ1) is 33.7. The second kappa shape index (κ2) is 16.6. The van der Waals surface area contributed by atoms with Crippen molar-refractivity contribution in [2.24, 2.45) is 11.7 Å². The highest BCUT2D eigenvalue weighted by Gasteiger charge is 2.36. The average molecular weight is 554 g/mol. The SMILES string of the molecule is CCCC(C)OC(=O)Oc1ccc(CC(N)(CCOC(=O)C(C)C)C(=O)OC)cc1OC(=O)OC(C)CCC. The van der Waals surface area contributed by atoms with Crippen molar-refractivity contribution in [2.75, 3.05) is 13.7 Å². The molecule has 220 valence electrons. The van der Waals surface area contributed by atoms with Crippen LogP contribution in [0.4, 0.5) is 9.59 Å². The van der Waals surface area contributed by atoms with Crippen molar-refractivity contribution < 1.29 is 47.6 Å². The highest BCUT2D eigenvalue weighted by molar-refractivity contribution is 5.81. The lowest BCUT2D eigenvalue weighted by atomic mass is 9.88. The third-order valence-electron chi connectivity index (χ3n) is 5.76. The van der Waals surface area contributed by atoms with Gasteiger partial charge in [-0.1, -0.05) is 46.6 Å². The summed E-state index contributed by atoms with van der Waals surface area (Å²) in [5.41, 5.74) is 5.30. The van der Waals surface area contributed by atoms with Crippen LogP contribution in [0.5, 0.6) is 11.5 Å². The number of methoxy groups -OCH3 is 1. The van der Waals surface area contributed by atoms with Crippen molar-refractivity contribution in [3.63, 3.8) is 0 Å². The molecule has 0 spiro atoms. The number of esters is 2. The molecule has 3 unspecified atom stereocenters. The van der Waals surface area contributed by atoms with Crippen LogP contribution in [0.3, 0.4) is 0 Å². The van der Waals surface area contributed by atoms with Crippen LogP contribution in [0.15, 0.2) is 18.2 Å².